The van der Waals surface area contributed by atoms with E-state index in [1.165, 1.54) is 0 Å². The van der Waals surface area contributed by atoms with Crippen molar-refractivity contribution < 1.29 is 0 Å². The second-order valence-corrected chi connectivity index (χ2v) is 3.35. The largest absolute Gasteiger partial charge is 0.384 e. The van der Waals surface area contributed by atoms with Crippen molar-refractivity contribution in [3.05, 3.63) is 35.9 Å². The van der Waals surface area contributed by atoms with E-state index in [-0.39, 0.29) is 0 Å². The molecule has 14 heavy (non-hydrogen) atoms. The van der Waals surface area contributed by atoms with Crippen molar-refractivity contribution in [2.24, 2.45) is 7.05 Å². The molecule has 0 spiro atoms. The maximum atomic E-state index is 5.84. The van der Waals surface area contributed by atoms with E-state index < -0.39 is 0 Å². The first-order valence-electron chi connectivity index (χ1n) is 4.54. The third-order valence-corrected chi connectivity index (χ3v) is 2.39. The lowest BCUT2D eigenvalue weighted by Gasteiger charge is -1.96. The van der Waals surface area contributed by atoms with Gasteiger partial charge in [0, 0.05) is 18.2 Å². The molecule has 0 aliphatic heterocycles. The molecule has 0 unspecified atom stereocenters. The normalized spacial score (nSPS) is 10.4. The summed E-state index contributed by atoms with van der Waals surface area (Å²) in [5.74, 6) is 0.726. The molecule has 2 aromatic rings. The van der Waals surface area contributed by atoms with Crippen LogP contribution in [-0.4, -0.2) is 9.78 Å². The van der Waals surface area contributed by atoms with E-state index in [0.717, 1.165) is 22.6 Å². The molecule has 0 atom stereocenters. The maximum Gasteiger partial charge on any atom is 0.124 e. The Morgan fingerprint density at radius 2 is 1.86 bits per heavy atom. The topological polar surface area (TPSA) is 43.8 Å². The van der Waals surface area contributed by atoms with Gasteiger partial charge in [-0.25, -0.2) is 0 Å². The third kappa shape index (κ3) is 1.27. The predicted octanol–water partition coefficient (Wildman–Crippen LogP) is 1.98. The zero-order valence-electron chi connectivity index (χ0n) is 8.36. The van der Waals surface area contributed by atoms with Gasteiger partial charge in [-0.05, 0) is 6.92 Å². The quantitative estimate of drug-likeness (QED) is 0.741. The number of benzene rings is 1. The molecule has 3 nitrogen and oxygen atoms in total. The van der Waals surface area contributed by atoms with Gasteiger partial charge in [-0.3, -0.25) is 4.68 Å². The smallest absolute Gasteiger partial charge is 0.124 e. The van der Waals surface area contributed by atoms with Crippen molar-refractivity contribution in [3.8, 4) is 11.3 Å². The van der Waals surface area contributed by atoms with E-state index in [1.807, 2.05) is 44.3 Å². The van der Waals surface area contributed by atoms with Crippen LogP contribution in [-0.2, 0) is 7.05 Å². The Hall–Kier alpha value is -1.77. The summed E-state index contributed by atoms with van der Waals surface area (Å²) >= 11 is 0. The summed E-state index contributed by atoms with van der Waals surface area (Å²) in [6.45, 7) is 1.99. The minimum atomic E-state index is 0.726. The Kier molecular flexibility index (Phi) is 2.00. The highest BCUT2D eigenvalue weighted by atomic mass is 15.3. The number of nitrogens with two attached hydrogens (primary N) is 1. The first kappa shape index (κ1) is 8.81. The average Bonchev–Trinajstić information content (AvgIpc) is 2.47. The molecule has 0 bridgehead atoms. The third-order valence-electron chi connectivity index (χ3n) is 2.39. The molecule has 1 heterocycles. The summed E-state index contributed by atoms with van der Waals surface area (Å²) in [4.78, 5) is 0. The first-order valence-corrected chi connectivity index (χ1v) is 4.54. The van der Waals surface area contributed by atoms with Gasteiger partial charge in [0.25, 0.3) is 0 Å². The number of hydrogen-bond acceptors (Lipinski definition) is 2. The highest BCUT2D eigenvalue weighted by Gasteiger charge is 2.10. The van der Waals surface area contributed by atoms with Crippen LogP contribution in [0.5, 0.6) is 0 Å². The van der Waals surface area contributed by atoms with Crippen LogP contribution in [0, 0.1) is 6.92 Å². The maximum absolute atomic E-state index is 5.84. The summed E-state index contributed by atoms with van der Waals surface area (Å²) in [6, 6.07) is 10.1. The Balaban J connectivity index is 2.58. The van der Waals surface area contributed by atoms with Gasteiger partial charge in [0.1, 0.15) is 5.82 Å². The number of hydrogen-bond donors (Lipinski definition) is 1. The predicted molar refractivity (Wildman–Crippen MR) is 57.8 cm³/mol. The molecule has 0 aliphatic carbocycles. The Bertz CT molecular complexity index is 443. The molecule has 0 fully saturated rings. The van der Waals surface area contributed by atoms with E-state index in [0.29, 0.717) is 0 Å². The van der Waals surface area contributed by atoms with Gasteiger partial charge < -0.3 is 5.73 Å². The number of rotatable bonds is 1. The van der Waals surface area contributed by atoms with E-state index >= 15 is 0 Å². The molecular weight excluding hydrogens is 174 g/mol. The number of nitrogen functional groups attached to an aromatic ring is 1. The van der Waals surface area contributed by atoms with Crippen molar-refractivity contribution in [3.63, 3.8) is 0 Å². The Morgan fingerprint density at radius 3 is 2.36 bits per heavy atom. The Morgan fingerprint density at radius 1 is 1.21 bits per heavy atom. The van der Waals surface area contributed by atoms with Crippen molar-refractivity contribution in [1.29, 1.82) is 0 Å². The molecule has 3 heteroatoms. The first-order chi connectivity index (χ1) is 6.70. The highest BCUT2D eigenvalue weighted by molar-refractivity contribution is 5.67. The molecule has 0 saturated carbocycles. The minimum Gasteiger partial charge on any atom is -0.384 e. The number of aryl methyl sites for hydroxylation is 1. The van der Waals surface area contributed by atoms with Crippen LogP contribution in [0.25, 0.3) is 11.3 Å². The lowest BCUT2D eigenvalue weighted by atomic mass is 10.1. The fourth-order valence-corrected chi connectivity index (χ4v) is 1.51. The van der Waals surface area contributed by atoms with Crippen LogP contribution in [0.1, 0.15) is 5.56 Å². The lowest BCUT2D eigenvalue weighted by molar-refractivity contribution is 0.782. The zero-order valence-corrected chi connectivity index (χ0v) is 8.36. The summed E-state index contributed by atoms with van der Waals surface area (Å²) in [6.07, 6.45) is 0. The van der Waals surface area contributed by atoms with Crippen molar-refractivity contribution in [1.82, 2.24) is 9.78 Å². The second-order valence-electron chi connectivity index (χ2n) is 3.35. The standard InChI is InChI=1S/C11H13N3/c1-8-10(13-14(2)11(8)12)9-6-4-3-5-7-9/h3-7H,12H2,1-2H3. The molecule has 0 saturated heterocycles. The fraction of sp³-hybridized carbons (Fsp3) is 0.182. The van der Waals surface area contributed by atoms with Gasteiger partial charge in [0.2, 0.25) is 0 Å². The van der Waals surface area contributed by atoms with E-state index in [4.69, 9.17) is 5.73 Å². The van der Waals surface area contributed by atoms with Gasteiger partial charge in [-0.15, -0.1) is 0 Å². The zero-order chi connectivity index (χ0) is 10.1. The van der Waals surface area contributed by atoms with Crippen LogP contribution in [0.15, 0.2) is 30.3 Å². The van der Waals surface area contributed by atoms with Crippen LogP contribution < -0.4 is 5.73 Å². The number of nitrogens with zero attached hydrogens (tertiary/aromatic N) is 2. The molecule has 1 aromatic heterocycles. The van der Waals surface area contributed by atoms with Crippen LogP contribution in [0.2, 0.25) is 0 Å². The van der Waals surface area contributed by atoms with Gasteiger partial charge in [0.15, 0.2) is 0 Å². The summed E-state index contributed by atoms with van der Waals surface area (Å²) in [5.41, 5.74) is 8.95. The van der Waals surface area contributed by atoms with Gasteiger partial charge >= 0.3 is 0 Å². The van der Waals surface area contributed by atoms with Gasteiger partial charge in [-0.2, -0.15) is 5.10 Å². The summed E-state index contributed by atoms with van der Waals surface area (Å²) in [7, 11) is 1.86. The van der Waals surface area contributed by atoms with Crippen molar-refractivity contribution in [2.45, 2.75) is 6.92 Å². The van der Waals surface area contributed by atoms with E-state index in [2.05, 4.69) is 5.10 Å². The summed E-state index contributed by atoms with van der Waals surface area (Å²) in [5, 5.41) is 4.37. The Labute approximate surface area is 83.2 Å². The van der Waals surface area contributed by atoms with Crippen molar-refractivity contribution >= 4 is 5.82 Å². The molecule has 2 N–H and O–H groups in total. The number of anilines is 1. The SMILES string of the molecule is Cc1c(-c2ccccc2)nn(C)c1N. The average molecular weight is 187 g/mol. The van der Waals surface area contributed by atoms with E-state index in [9.17, 15) is 0 Å². The monoisotopic (exact) mass is 187 g/mol. The molecule has 0 amide bonds. The lowest BCUT2D eigenvalue weighted by Crippen LogP contribution is -1.97. The molecule has 0 radical (unpaired) electrons. The molecule has 1 aromatic carbocycles. The fourth-order valence-electron chi connectivity index (χ4n) is 1.51. The minimum absolute atomic E-state index is 0.726. The highest BCUT2D eigenvalue weighted by Crippen LogP contribution is 2.24. The second kappa shape index (κ2) is 3.18. The van der Waals surface area contributed by atoms with Crippen molar-refractivity contribution in [2.75, 3.05) is 5.73 Å². The number of aromatic nitrogens is 2. The molecule has 2 rings (SSSR count). The van der Waals surface area contributed by atoms with E-state index in [1.54, 1.807) is 4.68 Å². The van der Waals surface area contributed by atoms with Crippen LogP contribution in [0.4, 0.5) is 5.82 Å². The molecule has 72 valence electrons. The molecule has 0 aliphatic rings. The van der Waals surface area contributed by atoms with Gasteiger partial charge in [-0.1, -0.05) is 30.3 Å². The van der Waals surface area contributed by atoms with Crippen LogP contribution >= 0.6 is 0 Å². The summed E-state index contributed by atoms with van der Waals surface area (Å²) < 4.78 is 1.71. The van der Waals surface area contributed by atoms with Gasteiger partial charge in [0.05, 0.1) is 5.69 Å². The molecular formula is C11H13N3. The van der Waals surface area contributed by atoms with Crippen LogP contribution in [0.3, 0.4) is 0 Å².